The maximum atomic E-state index is 11.9. The van der Waals surface area contributed by atoms with E-state index in [2.05, 4.69) is 38.3 Å². The first-order valence-electron chi connectivity index (χ1n) is 6.19. The summed E-state index contributed by atoms with van der Waals surface area (Å²) in [4.78, 5) is 11.9. The number of para-hydroxylation sites is 1. The molecule has 1 unspecified atom stereocenters. The number of hydrogen-bond donors (Lipinski definition) is 2. The lowest BCUT2D eigenvalue weighted by atomic mass is 9.88. The predicted molar refractivity (Wildman–Crippen MR) is 82.0 cm³/mol. The van der Waals surface area contributed by atoms with E-state index in [9.17, 15) is 4.79 Å². The van der Waals surface area contributed by atoms with Crippen molar-refractivity contribution in [3.8, 4) is 0 Å². The maximum absolute atomic E-state index is 11.9. The van der Waals surface area contributed by atoms with Gasteiger partial charge in [0.1, 0.15) is 0 Å². The van der Waals surface area contributed by atoms with Crippen molar-refractivity contribution in [3.63, 3.8) is 0 Å². The standard InChI is InChI=1S/C14H20Cl2N2O/c1-9(14(2,3)4)17-8-12(19)18-13-10(15)6-5-7-11(13)16/h5-7,9,17H,8H2,1-4H3,(H,18,19). The summed E-state index contributed by atoms with van der Waals surface area (Å²) < 4.78 is 0. The number of benzene rings is 1. The smallest absolute Gasteiger partial charge is 0.238 e. The van der Waals surface area contributed by atoms with Gasteiger partial charge in [0.05, 0.1) is 22.3 Å². The van der Waals surface area contributed by atoms with E-state index >= 15 is 0 Å². The van der Waals surface area contributed by atoms with Crippen LogP contribution in [0.4, 0.5) is 5.69 Å². The lowest BCUT2D eigenvalue weighted by Crippen LogP contribution is -2.41. The van der Waals surface area contributed by atoms with Crippen LogP contribution in [0.2, 0.25) is 10.0 Å². The third kappa shape index (κ3) is 5.01. The third-order valence-corrected chi connectivity index (χ3v) is 3.72. The summed E-state index contributed by atoms with van der Waals surface area (Å²) in [5, 5.41) is 6.77. The van der Waals surface area contributed by atoms with E-state index in [0.717, 1.165) is 0 Å². The molecular weight excluding hydrogens is 283 g/mol. The molecule has 0 aliphatic heterocycles. The maximum Gasteiger partial charge on any atom is 0.238 e. The molecule has 1 atom stereocenters. The Labute approximate surface area is 124 Å². The zero-order valence-electron chi connectivity index (χ0n) is 11.7. The molecule has 0 radical (unpaired) electrons. The monoisotopic (exact) mass is 302 g/mol. The van der Waals surface area contributed by atoms with Gasteiger partial charge in [0, 0.05) is 6.04 Å². The SMILES string of the molecule is CC(NCC(=O)Nc1c(Cl)cccc1Cl)C(C)(C)C. The van der Waals surface area contributed by atoms with Crippen LogP contribution in [-0.2, 0) is 4.79 Å². The molecule has 1 amide bonds. The Morgan fingerprint density at radius 3 is 2.26 bits per heavy atom. The molecule has 0 fully saturated rings. The zero-order valence-corrected chi connectivity index (χ0v) is 13.2. The Bertz CT molecular complexity index is 435. The van der Waals surface area contributed by atoms with Crippen molar-refractivity contribution < 1.29 is 4.79 Å². The van der Waals surface area contributed by atoms with Gasteiger partial charge in [0.2, 0.25) is 5.91 Å². The Morgan fingerprint density at radius 1 is 1.26 bits per heavy atom. The van der Waals surface area contributed by atoms with Crippen molar-refractivity contribution in [1.29, 1.82) is 0 Å². The molecule has 0 spiro atoms. The molecular formula is C14H20Cl2N2O. The van der Waals surface area contributed by atoms with Crippen LogP contribution in [0.3, 0.4) is 0 Å². The first-order valence-corrected chi connectivity index (χ1v) is 6.94. The normalized spacial score (nSPS) is 13.2. The summed E-state index contributed by atoms with van der Waals surface area (Å²) in [6.07, 6.45) is 0. The van der Waals surface area contributed by atoms with Crippen LogP contribution in [0.25, 0.3) is 0 Å². The highest BCUT2D eigenvalue weighted by atomic mass is 35.5. The van der Waals surface area contributed by atoms with Gasteiger partial charge in [-0.15, -0.1) is 0 Å². The molecule has 3 nitrogen and oxygen atoms in total. The minimum Gasteiger partial charge on any atom is -0.322 e. The topological polar surface area (TPSA) is 41.1 Å². The molecule has 5 heteroatoms. The van der Waals surface area contributed by atoms with Crippen LogP contribution in [0.1, 0.15) is 27.7 Å². The fourth-order valence-corrected chi connectivity index (χ4v) is 1.84. The minimum atomic E-state index is -0.161. The summed E-state index contributed by atoms with van der Waals surface area (Å²) >= 11 is 12.0. The number of anilines is 1. The number of rotatable bonds is 4. The van der Waals surface area contributed by atoms with E-state index < -0.39 is 0 Å². The highest BCUT2D eigenvalue weighted by molar-refractivity contribution is 6.39. The number of halogens is 2. The van der Waals surface area contributed by atoms with Gasteiger partial charge in [-0.2, -0.15) is 0 Å². The van der Waals surface area contributed by atoms with Crippen molar-refractivity contribution in [1.82, 2.24) is 5.32 Å². The zero-order chi connectivity index (χ0) is 14.6. The second-order valence-corrected chi connectivity index (χ2v) is 6.43. The average molecular weight is 303 g/mol. The van der Waals surface area contributed by atoms with E-state index in [1.54, 1.807) is 18.2 Å². The van der Waals surface area contributed by atoms with E-state index in [-0.39, 0.29) is 23.9 Å². The molecule has 0 saturated carbocycles. The van der Waals surface area contributed by atoms with Gasteiger partial charge in [-0.05, 0) is 24.5 Å². The van der Waals surface area contributed by atoms with Gasteiger partial charge in [-0.25, -0.2) is 0 Å². The van der Waals surface area contributed by atoms with E-state index in [1.807, 2.05) is 0 Å². The number of carbonyl (C=O) groups excluding carboxylic acids is 1. The van der Waals surface area contributed by atoms with Crippen LogP contribution in [0.5, 0.6) is 0 Å². The van der Waals surface area contributed by atoms with Crippen molar-refractivity contribution in [2.75, 3.05) is 11.9 Å². The lowest BCUT2D eigenvalue weighted by Gasteiger charge is -2.28. The van der Waals surface area contributed by atoms with Gasteiger partial charge >= 0.3 is 0 Å². The van der Waals surface area contributed by atoms with E-state index in [0.29, 0.717) is 15.7 Å². The van der Waals surface area contributed by atoms with Crippen LogP contribution in [-0.4, -0.2) is 18.5 Å². The lowest BCUT2D eigenvalue weighted by molar-refractivity contribution is -0.115. The molecule has 0 aliphatic carbocycles. The van der Waals surface area contributed by atoms with Crippen molar-refractivity contribution >= 4 is 34.8 Å². The van der Waals surface area contributed by atoms with Gasteiger partial charge in [0.25, 0.3) is 0 Å². The molecule has 1 aromatic rings. The summed E-state index contributed by atoms with van der Waals surface area (Å²) in [5.41, 5.74) is 0.559. The Hall–Kier alpha value is -0.770. The molecule has 19 heavy (non-hydrogen) atoms. The molecule has 106 valence electrons. The Morgan fingerprint density at radius 2 is 1.79 bits per heavy atom. The van der Waals surface area contributed by atoms with Crippen LogP contribution in [0.15, 0.2) is 18.2 Å². The fourth-order valence-electron chi connectivity index (χ4n) is 1.35. The van der Waals surface area contributed by atoms with E-state index in [4.69, 9.17) is 23.2 Å². The van der Waals surface area contributed by atoms with Crippen molar-refractivity contribution in [2.24, 2.45) is 5.41 Å². The molecule has 1 aromatic carbocycles. The molecule has 0 heterocycles. The highest BCUT2D eigenvalue weighted by Crippen LogP contribution is 2.29. The van der Waals surface area contributed by atoms with Crippen molar-refractivity contribution in [3.05, 3.63) is 28.2 Å². The van der Waals surface area contributed by atoms with E-state index in [1.165, 1.54) is 0 Å². The van der Waals surface area contributed by atoms with Crippen molar-refractivity contribution in [2.45, 2.75) is 33.7 Å². The summed E-state index contributed by atoms with van der Waals surface area (Å²) in [6.45, 7) is 8.63. The number of nitrogens with one attached hydrogen (secondary N) is 2. The molecule has 0 saturated heterocycles. The molecule has 0 bridgehead atoms. The molecule has 0 aromatic heterocycles. The number of hydrogen-bond acceptors (Lipinski definition) is 2. The first kappa shape index (κ1) is 16.3. The van der Waals surface area contributed by atoms with Gasteiger partial charge < -0.3 is 10.6 Å². The summed E-state index contributed by atoms with van der Waals surface area (Å²) in [7, 11) is 0. The Kier molecular flexibility index (Phi) is 5.65. The molecule has 0 aliphatic rings. The minimum absolute atomic E-state index is 0.0995. The molecule has 2 N–H and O–H groups in total. The Balaban J connectivity index is 2.57. The number of amides is 1. The first-order chi connectivity index (χ1) is 8.71. The van der Waals surface area contributed by atoms with Crippen LogP contribution in [0, 0.1) is 5.41 Å². The largest absolute Gasteiger partial charge is 0.322 e. The third-order valence-electron chi connectivity index (χ3n) is 3.10. The second-order valence-electron chi connectivity index (χ2n) is 5.61. The van der Waals surface area contributed by atoms with Gasteiger partial charge in [-0.1, -0.05) is 50.0 Å². The average Bonchev–Trinajstić information content (AvgIpc) is 2.29. The quantitative estimate of drug-likeness (QED) is 0.884. The van der Waals surface area contributed by atoms with Crippen LogP contribution >= 0.6 is 23.2 Å². The highest BCUT2D eigenvalue weighted by Gasteiger charge is 2.20. The second kappa shape index (κ2) is 6.60. The van der Waals surface area contributed by atoms with Crippen LogP contribution < -0.4 is 10.6 Å². The van der Waals surface area contributed by atoms with Gasteiger partial charge in [0.15, 0.2) is 0 Å². The summed E-state index contributed by atoms with van der Waals surface area (Å²) in [5.74, 6) is -0.161. The van der Waals surface area contributed by atoms with Gasteiger partial charge in [-0.3, -0.25) is 4.79 Å². The predicted octanol–water partition coefficient (Wildman–Crippen LogP) is 3.96. The molecule has 1 rings (SSSR count). The number of carbonyl (C=O) groups is 1. The summed E-state index contributed by atoms with van der Waals surface area (Å²) in [6, 6.07) is 5.34. The fraction of sp³-hybridized carbons (Fsp3) is 0.500.